The predicted octanol–water partition coefficient (Wildman–Crippen LogP) is 1.30. The van der Waals surface area contributed by atoms with Crippen molar-refractivity contribution >= 4 is 17.7 Å². The predicted molar refractivity (Wildman–Crippen MR) is 95.7 cm³/mol. The van der Waals surface area contributed by atoms with Gasteiger partial charge in [-0.25, -0.2) is 0 Å². The number of aliphatic hydroxyl groups excluding tert-OH is 1. The molecular weight excluding hydrogens is 338 g/mol. The van der Waals surface area contributed by atoms with Gasteiger partial charge in [-0.1, -0.05) is 37.3 Å². The van der Waals surface area contributed by atoms with Gasteiger partial charge < -0.3 is 19.5 Å². The van der Waals surface area contributed by atoms with E-state index < -0.39 is 11.9 Å². The third-order valence-corrected chi connectivity index (χ3v) is 3.85. The molecule has 1 amide bonds. The van der Waals surface area contributed by atoms with Gasteiger partial charge in [0.2, 0.25) is 5.91 Å². The molecule has 7 heteroatoms. The van der Waals surface area contributed by atoms with E-state index in [4.69, 9.17) is 14.6 Å². The molecule has 0 bridgehead atoms. The lowest BCUT2D eigenvalue weighted by molar-refractivity contribution is -0.146. The minimum atomic E-state index is -0.480. The first-order valence-corrected chi connectivity index (χ1v) is 8.62. The Morgan fingerprint density at radius 1 is 1.12 bits per heavy atom. The van der Waals surface area contributed by atoms with Crippen LogP contribution in [0.2, 0.25) is 0 Å². The summed E-state index contributed by atoms with van der Waals surface area (Å²) in [6.07, 6.45) is 0.158. The molecular formula is C19H27NO6. The van der Waals surface area contributed by atoms with E-state index in [9.17, 15) is 14.4 Å². The Hall–Kier alpha value is -2.25. The quantitative estimate of drug-likeness (QED) is 0.341. The van der Waals surface area contributed by atoms with Crippen LogP contribution >= 0.6 is 0 Å². The molecule has 1 rings (SSSR count). The van der Waals surface area contributed by atoms with E-state index in [2.05, 4.69) is 0 Å². The van der Waals surface area contributed by atoms with Crippen LogP contribution in [-0.4, -0.2) is 67.7 Å². The monoisotopic (exact) mass is 365 g/mol. The summed E-state index contributed by atoms with van der Waals surface area (Å²) >= 11 is 0. The molecule has 0 aliphatic carbocycles. The molecule has 0 fully saturated rings. The number of carbonyl (C=O) groups excluding carboxylic acids is 3. The zero-order chi connectivity index (χ0) is 19.4. The second-order valence-corrected chi connectivity index (χ2v) is 5.89. The number of hydrogen-bond donors (Lipinski definition) is 1. The molecule has 0 saturated heterocycles. The highest BCUT2D eigenvalue weighted by atomic mass is 16.5. The van der Waals surface area contributed by atoms with Crippen LogP contribution < -0.4 is 0 Å². The molecule has 144 valence electrons. The number of aliphatic hydroxyl groups is 1. The summed E-state index contributed by atoms with van der Waals surface area (Å²) in [7, 11) is 1.30. The first kappa shape index (κ1) is 21.8. The van der Waals surface area contributed by atoms with Gasteiger partial charge >= 0.3 is 5.97 Å². The maximum atomic E-state index is 12.5. The molecule has 1 aromatic rings. The van der Waals surface area contributed by atoms with Crippen LogP contribution in [-0.2, 0) is 19.1 Å². The topological polar surface area (TPSA) is 93.1 Å². The van der Waals surface area contributed by atoms with Gasteiger partial charge in [-0.05, 0) is 0 Å². The average Bonchev–Trinajstić information content (AvgIpc) is 2.67. The molecule has 0 heterocycles. The van der Waals surface area contributed by atoms with Gasteiger partial charge in [0.1, 0.15) is 0 Å². The summed E-state index contributed by atoms with van der Waals surface area (Å²) in [5, 5.41) is 8.74. The van der Waals surface area contributed by atoms with E-state index in [1.807, 2.05) is 6.07 Å². The molecule has 1 atom stereocenters. The zero-order valence-electron chi connectivity index (χ0n) is 15.3. The van der Waals surface area contributed by atoms with Gasteiger partial charge in [-0.2, -0.15) is 0 Å². The van der Waals surface area contributed by atoms with Crippen molar-refractivity contribution in [2.75, 3.05) is 40.0 Å². The smallest absolute Gasteiger partial charge is 0.310 e. The van der Waals surface area contributed by atoms with Gasteiger partial charge in [-0.3, -0.25) is 14.4 Å². The molecule has 0 radical (unpaired) electrons. The number of Topliss-reactive ketones (excluding diaryl/α,β-unsaturated/α-hetero) is 1. The molecule has 0 saturated carbocycles. The third-order valence-electron chi connectivity index (χ3n) is 3.85. The summed E-state index contributed by atoms with van der Waals surface area (Å²) < 4.78 is 9.90. The third kappa shape index (κ3) is 7.76. The number of hydrogen-bond acceptors (Lipinski definition) is 6. The highest BCUT2D eigenvalue weighted by molar-refractivity contribution is 5.97. The van der Waals surface area contributed by atoms with Gasteiger partial charge in [-0.15, -0.1) is 0 Å². The van der Waals surface area contributed by atoms with Crippen molar-refractivity contribution < 1.29 is 29.0 Å². The van der Waals surface area contributed by atoms with Crippen LogP contribution in [0.1, 0.15) is 30.1 Å². The van der Waals surface area contributed by atoms with E-state index in [0.717, 1.165) is 0 Å². The summed E-state index contributed by atoms with van der Waals surface area (Å²) in [6, 6.07) is 8.80. The molecule has 26 heavy (non-hydrogen) atoms. The highest BCUT2D eigenvalue weighted by Crippen LogP contribution is 2.09. The average molecular weight is 365 g/mol. The lowest BCUT2D eigenvalue weighted by Crippen LogP contribution is -2.39. The van der Waals surface area contributed by atoms with Crippen LogP contribution in [0.3, 0.4) is 0 Å². The summed E-state index contributed by atoms with van der Waals surface area (Å²) in [6.45, 7) is 2.47. The number of methoxy groups -OCH3 is 1. The number of esters is 1. The molecule has 1 N–H and O–H groups in total. The first-order valence-electron chi connectivity index (χ1n) is 8.62. The first-order chi connectivity index (χ1) is 12.5. The van der Waals surface area contributed by atoms with Crippen molar-refractivity contribution in [3.8, 4) is 0 Å². The molecule has 0 aliphatic heterocycles. The molecule has 7 nitrogen and oxygen atoms in total. The number of amides is 1. The second kappa shape index (κ2) is 12.2. The zero-order valence-corrected chi connectivity index (χ0v) is 15.3. The SMILES string of the molecule is COC(=O)C(C)CN(CCOCCO)C(=O)CCC(=O)c1ccccc1. The minimum Gasteiger partial charge on any atom is -0.469 e. The van der Waals surface area contributed by atoms with E-state index in [1.165, 1.54) is 12.0 Å². The molecule has 1 aromatic carbocycles. The fourth-order valence-corrected chi connectivity index (χ4v) is 2.41. The second-order valence-electron chi connectivity index (χ2n) is 5.89. The van der Waals surface area contributed by atoms with Gasteiger partial charge in [0.25, 0.3) is 0 Å². The molecule has 0 spiro atoms. The van der Waals surface area contributed by atoms with Gasteiger partial charge in [0, 0.05) is 31.5 Å². The van der Waals surface area contributed by atoms with Crippen molar-refractivity contribution in [2.45, 2.75) is 19.8 Å². The molecule has 0 aromatic heterocycles. The van der Waals surface area contributed by atoms with Crippen molar-refractivity contribution in [2.24, 2.45) is 5.92 Å². The largest absolute Gasteiger partial charge is 0.469 e. The standard InChI is InChI=1S/C19H27NO6/c1-15(19(24)25-2)14-20(10-12-26-13-11-21)18(23)9-8-17(22)16-6-4-3-5-7-16/h3-7,15,21H,8-14H2,1-2H3. The summed E-state index contributed by atoms with van der Waals surface area (Å²) in [5.74, 6) is -1.21. The van der Waals surface area contributed by atoms with Crippen LogP contribution in [0.5, 0.6) is 0 Å². The molecule has 0 aliphatic rings. The number of rotatable bonds is 12. The Morgan fingerprint density at radius 3 is 2.42 bits per heavy atom. The Morgan fingerprint density at radius 2 is 1.81 bits per heavy atom. The fraction of sp³-hybridized carbons (Fsp3) is 0.526. The van der Waals surface area contributed by atoms with E-state index >= 15 is 0 Å². The number of nitrogens with zero attached hydrogens (tertiary/aromatic N) is 1. The Labute approximate surface area is 153 Å². The van der Waals surface area contributed by atoms with Crippen LogP contribution in [0.25, 0.3) is 0 Å². The number of carbonyl (C=O) groups is 3. The number of benzene rings is 1. The lowest BCUT2D eigenvalue weighted by atomic mass is 10.1. The summed E-state index contributed by atoms with van der Waals surface area (Å²) in [5.41, 5.74) is 0.570. The van der Waals surface area contributed by atoms with Crippen molar-refractivity contribution in [3.05, 3.63) is 35.9 Å². The minimum absolute atomic E-state index is 0.0572. The highest BCUT2D eigenvalue weighted by Gasteiger charge is 2.22. The Kier molecular flexibility index (Phi) is 10.2. The number of ketones is 1. The Balaban J connectivity index is 2.60. The lowest BCUT2D eigenvalue weighted by Gasteiger charge is -2.25. The normalized spacial score (nSPS) is 11.7. The van der Waals surface area contributed by atoms with Gasteiger partial charge in [0.15, 0.2) is 5.78 Å². The maximum absolute atomic E-state index is 12.5. The number of ether oxygens (including phenoxy) is 2. The van der Waals surface area contributed by atoms with E-state index in [1.54, 1.807) is 31.2 Å². The molecule has 1 unspecified atom stereocenters. The Bertz CT molecular complexity index is 575. The van der Waals surface area contributed by atoms with Crippen LogP contribution in [0.4, 0.5) is 0 Å². The summed E-state index contributed by atoms with van der Waals surface area (Å²) in [4.78, 5) is 37.8. The maximum Gasteiger partial charge on any atom is 0.310 e. The van der Waals surface area contributed by atoms with E-state index in [-0.39, 0.29) is 57.4 Å². The van der Waals surface area contributed by atoms with E-state index in [0.29, 0.717) is 5.56 Å². The van der Waals surface area contributed by atoms with Crippen molar-refractivity contribution in [3.63, 3.8) is 0 Å². The van der Waals surface area contributed by atoms with Crippen molar-refractivity contribution in [1.82, 2.24) is 4.90 Å². The van der Waals surface area contributed by atoms with Crippen LogP contribution in [0.15, 0.2) is 30.3 Å². The van der Waals surface area contributed by atoms with Gasteiger partial charge in [0.05, 0.1) is 32.8 Å². The van der Waals surface area contributed by atoms with Crippen molar-refractivity contribution in [1.29, 1.82) is 0 Å². The fourth-order valence-electron chi connectivity index (χ4n) is 2.41. The van der Waals surface area contributed by atoms with Crippen LogP contribution in [0, 0.1) is 5.92 Å².